The van der Waals surface area contributed by atoms with E-state index < -0.39 is 12.2 Å². The number of hydrogen-bond acceptors (Lipinski definition) is 2. The van der Waals surface area contributed by atoms with E-state index in [0.29, 0.717) is 23.1 Å². The summed E-state index contributed by atoms with van der Waals surface area (Å²) in [5.41, 5.74) is 5.52. The van der Waals surface area contributed by atoms with Crippen LogP contribution in [0.1, 0.15) is 63.5 Å². The number of hydrogen-bond donors (Lipinski definition) is 1. The van der Waals surface area contributed by atoms with Gasteiger partial charge in [-0.15, -0.1) is 0 Å². The van der Waals surface area contributed by atoms with Gasteiger partial charge in [0.05, 0.1) is 6.61 Å². The van der Waals surface area contributed by atoms with Crippen LogP contribution in [0.5, 0.6) is 5.75 Å². The average molecular weight is 367 g/mol. The van der Waals surface area contributed by atoms with Gasteiger partial charge in [0.15, 0.2) is 0 Å². The van der Waals surface area contributed by atoms with Gasteiger partial charge in [-0.05, 0) is 23.4 Å². The highest BCUT2D eigenvalue weighted by molar-refractivity contribution is 5.91. The highest BCUT2D eigenvalue weighted by Crippen LogP contribution is 2.38. The molecule has 0 aliphatic carbocycles. The number of nitrogens with two attached hydrogens (primary N) is 1. The van der Waals surface area contributed by atoms with Crippen molar-refractivity contribution in [1.82, 2.24) is 0 Å². The summed E-state index contributed by atoms with van der Waals surface area (Å²) in [6, 6.07) is 8.09. The number of unbranched alkanes of at least 4 members (excludes halogenated alkanes) is 6. The predicted octanol–water partition coefficient (Wildman–Crippen LogP) is 6.53. The maximum absolute atomic E-state index is 13.1. The van der Waals surface area contributed by atoms with Crippen LogP contribution in [0.25, 0.3) is 10.8 Å². The van der Waals surface area contributed by atoms with Crippen molar-refractivity contribution in [1.29, 1.82) is 0 Å². The zero-order chi connectivity index (χ0) is 19.0. The van der Waals surface area contributed by atoms with E-state index in [-0.39, 0.29) is 5.56 Å². The van der Waals surface area contributed by atoms with Gasteiger partial charge in [0.1, 0.15) is 11.8 Å². The van der Waals surface area contributed by atoms with Crippen molar-refractivity contribution in [2.75, 3.05) is 6.61 Å². The van der Waals surface area contributed by atoms with Crippen LogP contribution in [0.3, 0.4) is 0 Å². The van der Waals surface area contributed by atoms with Gasteiger partial charge in [0, 0.05) is 5.39 Å². The first kappa shape index (κ1) is 20.6. The SMILES string of the molecule is CCCCCCCCCOc1cccc2cccc([C@H](N)C(F)(F)F)c12. The van der Waals surface area contributed by atoms with E-state index in [1.165, 1.54) is 38.2 Å². The predicted molar refractivity (Wildman–Crippen MR) is 100 cm³/mol. The molecule has 2 rings (SSSR count). The minimum atomic E-state index is -4.49. The van der Waals surface area contributed by atoms with Gasteiger partial charge >= 0.3 is 6.18 Å². The summed E-state index contributed by atoms with van der Waals surface area (Å²) >= 11 is 0. The van der Waals surface area contributed by atoms with Crippen molar-refractivity contribution in [2.24, 2.45) is 5.73 Å². The maximum atomic E-state index is 13.1. The fourth-order valence-electron chi connectivity index (χ4n) is 3.13. The molecule has 0 aliphatic heterocycles. The summed E-state index contributed by atoms with van der Waals surface area (Å²) in [7, 11) is 0. The number of alkyl halides is 3. The minimum Gasteiger partial charge on any atom is -0.493 e. The Hall–Kier alpha value is -1.75. The molecule has 2 aromatic rings. The van der Waals surface area contributed by atoms with Gasteiger partial charge in [-0.1, -0.05) is 75.8 Å². The molecule has 0 fully saturated rings. The largest absolute Gasteiger partial charge is 0.493 e. The molecular weight excluding hydrogens is 339 g/mol. The molecule has 0 bridgehead atoms. The van der Waals surface area contributed by atoms with E-state index in [1.807, 2.05) is 0 Å². The summed E-state index contributed by atoms with van der Waals surface area (Å²) in [5.74, 6) is 0.476. The van der Waals surface area contributed by atoms with Crippen LogP contribution < -0.4 is 10.5 Å². The highest BCUT2D eigenvalue weighted by Gasteiger charge is 2.39. The van der Waals surface area contributed by atoms with E-state index in [4.69, 9.17) is 10.5 Å². The van der Waals surface area contributed by atoms with E-state index in [1.54, 1.807) is 30.3 Å². The summed E-state index contributed by atoms with van der Waals surface area (Å²) in [5, 5.41) is 1.17. The minimum absolute atomic E-state index is 0.0603. The molecule has 2 nitrogen and oxygen atoms in total. The first-order valence-electron chi connectivity index (χ1n) is 9.42. The van der Waals surface area contributed by atoms with Crippen molar-refractivity contribution in [2.45, 2.75) is 64.1 Å². The molecule has 2 N–H and O–H groups in total. The Bertz CT molecular complexity index is 679. The summed E-state index contributed by atoms with van der Waals surface area (Å²) in [6.45, 7) is 2.69. The molecule has 144 valence electrons. The molecule has 1 atom stereocenters. The molecule has 0 unspecified atom stereocenters. The van der Waals surface area contributed by atoms with Gasteiger partial charge in [-0.3, -0.25) is 0 Å². The van der Waals surface area contributed by atoms with Gasteiger partial charge < -0.3 is 10.5 Å². The molecule has 0 radical (unpaired) electrons. The van der Waals surface area contributed by atoms with Gasteiger partial charge in [-0.25, -0.2) is 0 Å². The third-order valence-corrected chi connectivity index (χ3v) is 4.59. The van der Waals surface area contributed by atoms with E-state index in [9.17, 15) is 13.2 Å². The summed E-state index contributed by atoms with van der Waals surface area (Å²) in [6.07, 6.45) is 3.65. The van der Waals surface area contributed by atoms with Crippen LogP contribution in [-0.2, 0) is 0 Å². The van der Waals surface area contributed by atoms with Crippen LogP contribution in [0, 0.1) is 0 Å². The lowest BCUT2D eigenvalue weighted by molar-refractivity contribution is -0.148. The Balaban J connectivity index is 2.04. The molecule has 5 heteroatoms. The second-order valence-electron chi connectivity index (χ2n) is 6.69. The van der Waals surface area contributed by atoms with Gasteiger partial charge in [0.25, 0.3) is 0 Å². The normalized spacial score (nSPS) is 13.1. The van der Waals surface area contributed by atoms with Crippen LogP contribution in [-0.4, -0.2) is 12.8 Å². The number of rotatable bonds is 10. The maximum Gasteiger partial charge on any atom is 0.407 e. The number of ether oxygens (including phenoxy) is 1. The third kappa shape index (κ3) is 5.63. The Labute approximate surface area is 153 Å². The third-order valence-electron chi connectivity index (χ3n) is 4.59. The van der Waals surface area contributed by atoms with Crippen LogP contribution in [0.4, 0.5) is 13.2 Å². The first-order chi connectivity index (χ1) is 12.4. The molecule has 0 amide bonds. The summed E-state index contributed by atoms with van der Waals surface area (Å²) in [4.78, 5) is 0. The molecule has 0 saturated carbocycles. The molecule has 0 saturated heterocycles. The zero-order valence-corrected chi connectivity index (χ0v) is 15.3. The monoisotopic (exact) mass is 367 g/mol. The molecular formula is C21H28F3NO. The Morgan fingerprint density at radius 1 is 0.923 bits per heavy atom. The van der Waals surface area contributed by atoms with Gasteiger partial charge in [-0.2, -0.15) is 13.2 Å². The molecule has 0 spiro atoms. The standard InChI is InChI=1S/C21H28F3NO/c1-2-3-4-5-6-7-8-15-26-18-14-10-12-16-11-9-13-17(19(16)18)20(25)21(22,23)24/h9-14,20H,2-8,15,25H2,1H3/t20-/m0/s1. The fraction of sp³-hybridized carbons (Fsp3) is 0.524. The van der Waals surface area contributed by atoms with Crippen LogP contribution >= 0.6 is 0 Å². The Morgan fingerprint density at radius 3 is 2.19 bits per heavy atom. The van der Waals surface area contributed by atoms with Gasteiger partial charge in [0.2, 0.25) is 0 Å². The fourth-order valence-corrected chi connectivity index (χ4v) is 3.13. The van der Waals surface area contributed by atoms with Crippen molar-refractivity contribution < 1.29 is 17.9 Å². The Kier molecular flexibility index (Phi) is 7.76. The summed E-state index contributed by atoms with van der Waals surface area (Å²) < 4.78 is 45.2. The highest BCUT2D eigenvalue weighted by atomic mass is 19.4. The van der Waals surface area contributed by atoms with Crippen molar-refractivity contribution in [3.8, 4) is 5.75 Å². The molecule has 0 aromatic heterocycles. The lowest BCUT2D eigenvalue weighted by Crippen LogP contribution is -2.28. The lowest BCUT2D eigenvalue weighted by Gasteiger charge is -2.19. The molecule has 0 aliphatic rings. The van der Waals surface area contributed by atoms with E-state index in [2.05, 4.69) is 6.92 Å². The molecule has 0 heterocycles. The van der Waals surface area contributed by atoms with Crippen LogP contribution in [0.15, 0.2) is 36.4 Å². The Morgan fingerprint density at radius 2 is 1.54 bits per heavy atom. The number of benzene rings is 2. The lowest BCUT2D eigenvalue weighted by atomic mass is 9.98. The first-order valence-corrected chi connectivity index (χ1v) is 9.42. The smallest absolute Gasteiger partial charge is 0.407 e. The average Bonchev–Trinajstić information content (AvgIpc) is 2.62. The quantitative estimate of drug-likeness (QED) is 0.484. The van der Waals surface area contributed by atoms with E-state index in [0.717, 1.165) is 12.8 Å². The van der Waals surface area contributed by atoms with Crippen molar-refractivity contribution in [3.05, 3.63) is 42.0 Å². The molecule has 26 heavy (non-hydrogen) atoms. The van der Waals surface area contributed by atoms with Crippen LogP contribution in [0.2, 0.25) is 0 Å². The topological polar surface area (TPSA) is 35.2 Å². The van der Waals surface area contributed by atoms with Crippen molar-refractivity contribution >= 4 is 10.8 Å². The number of fused-ring (bicyclic) bond motifs is 1. The molecule has 2 aromatic carbocycles. The number of halogens is 3. The zero-order valence-electron chi connectivity index (χ0n) is 15.3. The second kappa shape index (κ2) is 9.81. The van der Waals surface area contributed by atoms with E-state index >= 15 is 0 Å². The van der Waals surface area contributed by atoms with Crippen molar-refractivity contribution in [3.63, 3.8) is 0 Å². The second-order valence-corrected chi connectivity index (χ2v) is 6.69.